The lowest BCUT2D eigenvalue weighted by molar-refractivity contribution is 0.00578. The molecule has 0 atom stereocenters. The first-order valence-electron chi connectivity index (χ1n) is 10.2. The van der Waals surface area contributed by atoms with Crippen LogP contribution in [0, 0.1) is 0 Å². The number of hydrogen-bond donors (Lipinski definition) is 0. The van der Waals surface area contributed by atoms with E-state index in [1.54, 1.807) is 0 Å². The van der Waals surface area contributed by atoms with E-state index in [1.165, 1.54) is 0 Å². The van der Waals surface area contributed by atoms with Crippen molar-refractivity contribution in [2.24, 2.45) is 0 Å². The van der Waals surface area contributed by atoms with Gasteiger partial charge < -0.3 is 28.2 Å². The molecule has 0 unspecified atom stereocenters. The summed E-state index contributed by atoms with van der Waals surface area (Å²) in [5.74, 6) is 0. The second-order valence-corrected chi connectivity index (χ2v) is 10.2. The molecule has 0 aromatic heterocycles. The van der Waals surface area contributed by atoms with Crippen LogP contribution >= 0.6 is 0 Å². The van der Waals surface area contributed by atoms with E-state index in [2.05, 4.69) is 92.7 Å². The monoisotopic (exact) mass is 390 g/mol. The molecule has 0 radical (unpaired) electrons. The van der Waals surface area contributed by atoms with E-state index < -0.39 is 14.5 Å². The Morgan fingerprint density at radius 2 is 0.643 bits per heavy atom. The molecule has 0 N–H and O–H groups in total. The zero-order valence-corrected chi connectivity index (χ0v) is 19.7. The van der Waals surface area contributed by atoms with Gasteiger partial charge in [-0.15, -0.1) is 0 Å². The average molecular weight is 390 g/mol. The molecule has 3 heterocycles. The molecule has 2 saturated heterocycles. The summed E-state index contributed by atoms with van der Waals surface area (Å²) in [6.07, 6.45) is 0. The van der Waals surface area contributed by atoms with Crippen molar-refractivity contribution in [3.05, 3.63) is 22.8 Å². The van der Waals surface area contributed by atoms with Crippen LogP contribution in [0.1, 0.15) is 83.1 Å². The van der Waals surface area contributed by atoms with Crippen molar-refractivity contribution < 1.29 is 18.6 Å². The Hall–Kier alpha value is -0.950. The molecule has 0 aromatic rings. The van der Waals surface area contributed by atoms with Crippen LogP contribution in [0.25, 0.3) is 0 Å². The maximum Gasteiger partial charge on any atom is 0.598 e. The van der Waals surface area contributed by atoms with Gasteiger partial charge in [0.2, 0.25) is 0 Å². The van der Waals surface area contributed by atoms with Gasteiger partial charge in [-0.2, -0.15) is 0 Å². The lowest BCUT2D eigenvalue weighted by Gasteiger charge is -2.41. The summed E-state index contributed by atoms with van der Waals surface area (Å²) in [5.41, 5.74) is 2.72. The Kier molecular flexibility index (Phi) is 4.87. The third kappa shape index (κ3) is 3.04. The standard InChI is InChI=1S/C20H36B2N2O4/c1-13-14(2)24(22-27-19(9,10)20(11,12)28-22)16(4)15(3)23(13)21-25-17(5,6)18(7,8)26-21/h1-12H3. The van der Waals surface area contributed by atoms with Crippen molar-refractivity contribution in [1.82, 2.24) is 9.62 Å². The molecule has 3 aliphatic rings. The first kappa shape index (κ1) is 21.8. The maximum atomic E-state index is 6.32. The maximum absolute atomic E-state index is 6.32. The van der Waals surface area contributed by atoms with Gasteiger partial charge in [0.15, 0.2) is 0 Å². The third-order valence-corrected chi connectivity index (χ3v) is 7.40. The molecule has 2 fully saturated rings. The lowest BCUT2D eigenvalue weighted by atomic mass is 9.90. The van der Waals surface area contributed by atoms with Crippen molar-refractivity contribution in [1.29, 1.82) is 0 Å². The number of hydrogen-bond acceptors (Lipinski definition) is 6. The molecular formula is C20H36B2N2O4. The van der Waals surface area contributed by atoms with Gasteiger partial charge in [-0.05, 0) is 83.1 Å². The van der Waals surface area contributed by atoms with Gasteiger partial charge >= 0.3 is 14.5 Å². The number of nitrogens with zero attached hydrogens (tertiary/aromatic N) is 2. The lowest BCUT2D eigenvalue weighted by Crippen LogP contribution is -2.49. The van der Waals surface area contributed by atoms with Crippen molar-refractivity contribution in [3.8, 4) is 0 Å². The summed E-state index contributed by atoms with van der Waals surface area (Å²) in [7, 11) is -0.925. The molecule has 3 rings (SSSR count). The van der Waals surface area contributed by atoms with Gasteiger partial charge in [0, 0.05) is 22.8 Å². The van der Waals surface area contributed by atoms with E-state index >= 15 is 0 Å². The Morgan fingerprint density at radius 1 is 0.464 bits per heavy atom. The zero-order valence-electron chi connectivity index (χ0n) is 19.7. The second kappa shape index (κ2) is 6.27. The van der Waals surface area contributed by atoms with Crippen molar-refractivity contribution in [3.63, 3.8) is 0 Å². The topological polar surface area (TPSA) is 43.4 Å². The van der Waals surface area contributed by atoms with Crippen LogP contribution in [0.4, 0.5) is 0 Å². The first-order chi connectivity index (χ1) is 12.5. The second-order valence-electron chi connectivity index (χ2n) is 10.2. The smallest absolute Gasteiger partial charge is 0.384 e. The third-order valence-electron chi connectivity index (χ3n) is 7.40. The molecule has 0 bridgehead atoms. The van der Waals surface area contributed by atoms with Gasteiger partial charge in [-0.1, -0.05) is 0 Å². The van der Waals surface area contributed by atoms with E-state index in [4.69, 9.17) is 18.6 Å². The number of rotatable bonds is 2. The minimum Gasteiger partial charge on any atom is -0.384 e. The molecule has 0 amide bonds. The van der Waals surface area contributed by atoms with E-state index in [9.17, 15) is 0 Å². The van der Waals surface area contributed by atoms with Crippen molar-refractivity contribution in [2.75, 3.05) is 0 Å². The Balaban J connectivity index is 1.95. The predicted octanol–water partition coefficient (Wildman–Crippen LogP) is 4.28. The molecule has 28 heavy (non-hydrogen) atoms. The fourth-order valence-corrected chi connectivity index (χ4v) is 3.67. The SMILES string of the molecule is CC1=C(C)N(B2OC(C)(C)C(C)(C)O2)C(C)=C(C)N1B1OC(C)(C)C(C)(C)O1. The summed E-state index contributed by atoms with van der Waals surface area (Å²) < 4.78 is 25.3. The highest BCUT2D eigenvalue weighted by molar-refractivity contribution is 6.45. The van der Waals surface area contributed by atoms with Crippen molar-refractivity contribution >= 4 is 14.5 Å². The fraction of sp³-hybridized carbons (Fsp3) is 0.800. The summed E-state index contributed by atoms with van der Waals surface area (Å²) in [4.78, 5) is 4.28. The summed E-state index contributed by atoms with van der Waals surface area (Å²) in [5, 5.41) is 0. The first-order valence-corrected chi connectivity index (χ1v) is 10.2. The van der Waals surface area contributed by atoms with E-state index in [1.807, 2.05) is 0 Å². The molecule has 6 nitrogen and oxygen atoms in total. The van der Waals surface area contributed by atoms with Crippen LogP contribution in [0.2, 0.25) is 0 Å². The van der Waals surface area contributed by atoms with Crippen LogP contribution in [0.5, 0.6) is 0 Å². The summed E-state index contributed by atoms with van der Waals surface area (Å²) >= 11 is 0. The van der Waals surface area contributed by atoms with Gasteiger partial charge in [0.25, 0.3) is 0 Å². The normalized spacial score (nSPS) is 28.7. The quantitative estimate of drug-likeness (QED) is 0.656. The summed E-state index contributed by atoms with van der Waals surface area (Å²) in [6.45, 7) is 25.0. The molecule has 3 aliphatic heterocycles. The molecular weight excluding hydrogens is 354 g/mol. The molecule has 156 valence electrons. The molecule has 0 saturated carbocycles. The van der Waals surface area contributed by atoms with Crippen LogP contribution in [-0.2, 0) is 18.6 Å². The van der Waals surface area contributed by atoms with Crippen LogP contribution in [0.15, 0.2) is 22.8 Å². The molecule has 0 aliphatic carbocycles. The molecule has 0 spiro atoms. The van der Waals surface area contributed by atoms with Crippen LogP contribution in [0.3, 0.4) is 0 Å². The Morgan fingerprint density at radius 3 is 0.821 bits per heavy atom. The molecule has 0 aromatic carbocycles. The van der Waals surface area contributed by atoms with Gasteiger partial charge in [0.05, 0.1) is 22.4 Å². The number of allylic oxidation sites excluding steroid dienone is 4. The highest BCUT2D eigenvalue weighted by Crippen LogP contribution is 2.44. The zero-order chi connectivity index (χ0) is 21.4. The highest BCUT2D eigenvalue weighted by Gasteiger charge is 2.58. The molecule has 8 heteroatoms. The van der Waals surface area contributed by atoms with Gasteiger partial charge in [0.1, 0.15) is 0 Å². The fourth-order valence-electron chi connectivity index (χ4n) is 3.67. The van der Waals surface area contributed by atoms with Crippen LogP contribution in [-0.4, -0.2) is 46.5 Å². The summed E-state index contributed by atoms with van der Waals surface area (Å²) in [6, 6.07) is 0. The van der Waals surface area contributed by atoms with E-state index in [0.29, 0.717) is 0 Å². The Labute approximate surface area is 171 Å². The highest BCUT2D eigenvalue weighted by atomic mass is 16.7. The average Bonchev–Trinajstić information content (AvgIpc) is 2.85. The Bertz CT molecular complexity index is 624. The van der Waals surface area contributed by atoms with Gasteiger partial charge in [-0.3, -0.25) is 0 Å². The van der Waals surface area contributed by atoms with Gasteiger partial charge in [-0.25, -0.2) is 0 Å². The largest absolute Gasteiger partial charge is 0.598 e. The van der Waals surface area contributed by atoms with E-state index in [-0.39, 0.29) is 22.4 Å². The minimum atomic E-state index is -0.463. The minimum absolute atomic E-state index is 0.386. The van der Waals surface area contributed by atoms with Crippen LogP contribution < -0.4 is 0 Å². The van der Waals surface area contributed by atoms with E-state index in [0.717, 1.165) is 22.8 Å². The van der Waals surface area contributed by atoms with Crippen molar-refractivity contribution in [2.45, 2.75) is 105 Å². The predicted molar refractivity (Wildman–Crippen MR) is 113 cm³/mol.